The van der Waals surface area contributed by atoms with Gasteiger partial charge in [-0.2, -0.15) is 0 Å². The topological polar surface area (TPSA) is 55.5 Å². The summed E-state index contributed by atoms with van der Waals surface area (Å²) in [5.41, 5.74) is 0.861. The van der Waals surface area contributed by atoms with Crippen LogP contribution in [0, 0.1) is 10.1 Å². The maximum Gasteiger partial charge on any atom is 0.278 e. The van der Waals surface area contributed by atoms with Crippen molar-refractivity contribution in [1.29, 1.82) is 0 Å². The predicted molar refractivity (Wildman–Crippen MR) is 76.8 cm³/mol. The quantitative estimate of drug-likeness (QED) is 0.470. The van der Waals surface area contributed by atoms with Gasteiger partial charge >= 0.3 is 0 Å². The van der Waals surface area contributed by atoms with Crippen LogP contribution < -0.4 is 0 Å². The van der Waals surface area contributed by atoms with Gasteiger partial charge in [-0.05, 0) is 24.3 Å². The Morgan fingerprint density at radius 1 is 1.16 bits per heavy atom. The molecule has 2 aromatic rings. The van der Waals surface area contributed by atoms with Gasteiger partial charge in [0.15, 0.2) is 0 Å². The standard InChI is InChI=1S/C13H8Cl2N2O2/c14-10-5-6-11(15)12(7-10)16-8-9-3-1-2-4-13(9)17(18)19/h1-8H. The molecular formula is C13H8Cl2N2O2. The molecule has 0 saturated carbocycles. The zero-order valence-electron chi connectivity index (χ0n) is 9.59. The molecule has 0 N–H and O–H groups in total. The average Bonchev–Trinajstić information content (AvgIpc) is 2.40. The lowest BCUT2D eigenvalue weighted by Gasteiger charge is -1.99. The van der Waals surface area contributed by atoms with Gasteiger partial charge in [0, 0.05) is 17.3 Å². The minimum atomic E-state index is -0.457. The average molecular weight is 295 g/mol. The van der Waals surface area contributed by atoms with Gasteiger partial charge in [-0.1, -0.05) is 35.3 Å². The Morgan fingerprint density at radius 3 is 2.63 bits per heavy atom. The number of nitrogens with zero attached hydrogens (tertiary/aromatic N) is 2. The van der Waals surface area contributed by atoms with Gasteiger partial charge in [0.1, 0.15) is 0 Å². The third kappa shape index (κ3) is 3.30. The van der Waals surface area contributed by atoms with Crippen molar-refractivity contribution in [2.24, 2.45) is 4.99 Å². The van der Waals surface area contributed by atoms with E-state index in [2.05, 4.69) is 4.99 Å². The van der Waals surface area contributed by atoms with E-state index in [1.54, 1.807) is 36.4 Å². The first-order chi connectivity index (χ1) is 9.08. The van der Waals surface area contributed by atoms with Crippen molar-refractivity contribution in [3.8, 4) is 0 Å². The lowest BCUT2D eigenvalue weighted by atomic mass is 10.2. The maximum atomic E-state index is 10.9. The van der Waals surface area contributed by atoms with Crippen molar-refractivity contribution in [2.75, 3.05) is 0 Å². The van der Waals surface area contributed by atoms with Crippen molar-refractivity contribution in [1.82, 2.24) is 0 Å². The smallest absolute Gasteiger partial charge is 0.258 e. The van der Waals surface area contributed by atoms with Crippen molar-refractivity contribution in [3.05, 3.63) is 68.2 Å². The number of aliphatic imine (C=N–C) groups is 1. The molecule has 19 heavy (non-hydrogen) atoms. The number of benzene rings is 2. The molecule has 0 bridgehead atoms. The Kier molecular flexibility index (Phi) is 4.14. The first kappa shape index (κ1) is 13.5. The molecule has 0 aliphatic rings. The van der Waals surface area contributed by atoms with Crippen molar-refractivity contribution >= 4 is 40.8 Å². The lowest BCUT2D eigenvalue weighted by molar-refractivity contribution is -0.385. The van der Waals surface area contributed by atoms with Crippen LogP contribution >= 0.6 is 23.2 Å². The highest BCUT2D eigenvalue weighted by molar-refractivity contribution is 6.35. The summed E-state index contributed by atoms with van der Waals surface area (Å²) in [6.07, 6.45) is 1.40. The maximum absolute atomic E-state index is 10.9. The van der Waals surface area contributed by atoms with Gasteiger partial charge in [0.25, 0.3) is 5.69 Å². The number of hydrogen-bond acceptors (Lipinski definition) is 3. The van der Waals surface area contributed by atoms with Gasteiger partial charge < -0.3 is 0 Å². The normalized spacial score (nSPS) is 10.8. The van der Waals surface area contributed by atoms with Crippen LogP contribution in [0.1, 0.15) is 5.56 Å². The minimum Gasteiger partial charge on any atom is -0.258 e. The summed E-state index contributed by atoms with van der Waals surface area (Å²) in [5.74, 6) is 0. The van der Waals surface area contributed by atoms with E-state index in [9.17, 15) is 10.1 Å². The van der Waals surface area contributed by atoms with E-state index in [-0.39, 0.29) is 5.69 Å². The molecule has 96 valence electrons. The van der Waals surface area contributed by atoms with Crippen LogP contribution in [0.15, 0.2) is 47.5 Å². The fraction of sp³-hybridized carbons (Fsp3) is 0. The monoisotopic (exact) mass is 294 g/mol. The molecule has 0 radical (unpaired) electrons. The second-order valence-corrected chi connectivity index (χ2v) is 4.51. The zero-order valence-corrected chi connectivity index (χ0v) is 11.1. The van der Waals surface area contributed by atoms with Crippen LogP contribution in [0.4, 0.5) is 11.4 Å². The summed E-state index contributed by atoms with van der Waals surface area (Å²) in [7, 11) is 0. The molecule has 0 heterocycles. The summed E-state index contributed by atoms with van der Waals surface area (Å²) in [6, 6.07) is 11.2. The van der Waals surface area contributed by atoms with E-state index in [0.29, 0.717) is 21.3 Å². The Labute approximate surface area is 119 Å². The summed E-state index contributed by atoms with van der Waals surface area (Å²) in [6.45, 7) is 0. The zero-order chi connectivity index (χ0) is 13.8. The van der Waals surface area contributed by atoms with Crippen molar-refractivity contribution in [2.45, 2.75) is 0 Å². The second kappa shape index (κ2) is 5.82. The SMILES string of the molecule is O=[N+]([O-])c1ccccc1C=Nc1cc(Cl)ccc1Cl. The molecule has 0 aromatic heterocycles. The Morgan fingerprint density at radius 2 is 1.89 bits per heavy atom. The van der Waals surface area contributed by atoms with E-state index in [0.717, 1.165) is 0 Å². The summed E-state index contributed by atoms with van der Waals surface area (Å²) >= 11 is 11.8. The van der Waals surface area contributed by atoms with E-state index in [4.69, 9.17) is 23.2 Å². The molecule has 2 rings (SSSR count). The Balaban J connectivity index is 2.38. The van der Waals surface area contributed by atoms with Gasteiger partial charge in [-0.25, -0.2) is 0 Å². The largest absolute Gasteiger partial charge is 0.278 e. The molecule has 0 unspecified atom stereocenters. The summed E-state index contributed by atoms with van der Waals surface area (Å²) in [5, 5.41) is 11.8. The number of hydrogen-bond donors (Lipinski definition) is 0. The van der Waals surface area contributed by atoms with E-state index in [1.807, 2.05) is 0 Å². The number of nitro benzene ring substituents is 1. The van der Waals surface area contributed by atoms with Crippen LogP contribution in [-0.2, 0) is 0 Å². The molecule has 0 aliphatic heterocycles. The fourth-order valence-corrected chi connectivity index (χ4v) is 1.82. The third-order valence-electron chi connectivity index (χ3n) is 2.38. The van der Waals surface area contributed by atoms with E-state index in [1.165, 1.54) is 12.3 Å². The molecule has 6 heteroatoms. The second-order valence-electron chi connectivity index (χ2n) is 3.67. The molecular weight excluding hydrogens is 287 g/mol. The van der Waals surface area contributed by atoms with E-state index < -0.39 is 4.92 Å². The molecule has 2 aromatic carbocycles. The van der Waals surface area contributed by atoms with Crippen molar-refractivity contribution in [3.63, 3.8) is 0 Å². The van der Waals surface area contributed by atoms with E-state index >= 15 is 0 Å². The van der Waals surface area contributed by atoms with Gasteiger partial charge in [0.05, 0.1) is 21.2 Å². The van der Waals surface area contributed by atoms with Gasteiger partial charge in [-0.15, -0.1) is 0 Å². The molecule has 0 saturated heterocycles. The highest BCUT2D eigenvalue weighted by Gasteiger charge is 2.10. The van der Waals surface area contributed by atoms with Crippen LogP contribution in [-0.4, -0.2) is 11.1 Å². The Hall–Kier alpha value is -1.91. The number of nitro groups is 1. The molecule has 0 atom stereocenters. The lowest BCUT2D eigenvalue weighted by Crippen LogP contribution is -1.93. The third-order valence-corrected chi connectivity index (χ3v) is 2.94. The number of halogens is 2. The van der Waals surface area contributed by atoms with Crippen molar-refractivity contribution < 1.29 is 4.92 Å². The Bertz CT molecular complexity index is 657. The molecule has 4 nitrogen and oxygen atoms in total. The predicted octanol–water partition coefficient (Wildman–Crippen LogP) is 4.65. The first-order valence-electron chi connectivity index (χ1n) is 5.30. The number of rotatable bonds is 3. The molecule has 0 spiro atoms. The van der Waals surface area contributed by atoms with Crippen LogP contribution in [0.2, 0.25) is 10.0 Å². The molecule has 0 amide bonds. The minimum absolute atomic E-state index is 0.00981. The van der Waals surface area contributed by atoms with Crippen LogP contribution in [0.25, 0.3) is 0 Å². The highest BCUT2D eigenvalue weighted by atomic mass is 35.5. The van der Waals surface area contributed by atoms with Crippen LogP contribution in [0.3, 0.4) is 0 Å². The number of para-hydroxylation sites is 1. The van der Waals surface area contributed by atoms with Crippen LogP contribution in [0.5, 0.6) is 0 Å². The molecule has 0 fully saturated rings. The highest BCUT2D eigenvalue weighted by Crippen LogP contribution is 2.28. The molecule has 0 aliphatic carbocycles. The van der Waals surface area contributed by atoms with Gasteiger partial charge in [0.2, 0.25) is 0 Å². The fourth-order valence-electron chi connectivity index (χ4n) is 1.49. The summed E-state index contributed by atoms with van der Waals surface area (Å²) in [4.78, 5) is 14.5. The summed E-state index contributed by atoms with van der Waals surface area (Å²) < 4.78 is 0. The van der Waals surface area contributed by atoms with Gasteiger partial charge in [-0.3, -0.25) is 15.1 Å². The first-order valence-corrected chi connectivity index (χ1v) is 6.06.